The molecule has 0 saturated heterocycles. The maximum atomic E-state index is 2.52. The van der Waals surface area contributed by atoms with E-state index in [0.29, 0.717) is 0 Å². The first-order valence-corrected chi connectivity index (χ1v) is 28.0. The molecule has 0 saturated carbocycles. The van der Waals surface area contributed by atoms with Crippen LogP contribution in [0.4, 0.5) is 51.2 Å². The van der Waals surface area contributed by atoms with Crippen molar-refractivity contribution in [3.63, 3.8) is 0 Å². The highest BCUT2D eigenvalue weighted by Gasteiger charge is 2.43. The number of anilines is 9. The summed E-state index contributed by atoms with van der Waals surface area (Å²) in [6.45, 7) is 11.8. The molecule has 11 aromatic rings. The molecule has 11 aromatic carbocycles. The first-order valence-electron chi connectivity index (χ1n) is 28.0. The molecule has 14 rings (SSSR count). The molecule has 0 aliphatic carbocycles. The fourth-order valence-corrected chi connectivity index (χ4v) is 13.3. The van der Waals surface area contributed by atoms with Crippen molar-refractivity contribution >= 4 is 97.4 Å². The molecule has 0 bridgehead atoms. The molecule has 0 N–H and O–H groups in total. The minimum Gasteiger partial charge on any atom is -0.312 e. The van der Waals surface area contributed by atoms with Crippen LogP contribution in [0.1, 0.15) is 51.3 Å². The van der Waals surface area contributed by atoms with Crippen LogP contribution in [0.3, 0.4) is 0 Å². The second-order valence-corrected chi connectivity index (χ2v) is 23.4. The summed E-state index contributed by atoms with van der Waals surface area (Å²) in [5.41, 5.74) is 27.4. The highest BCUT2D eigenvalue weighted by molar-refractivity contribution is 7.00. The van der Waals surface area contributed by atoms with Gasteiger partial charge in [0.2, 0.25) is 6.71 Å². The van der Waals surface area contributed by atoms with Gasteiger partial charge in [-0.05, 0) is 156 Å². The average molecular weight is 1010 g/mol. The molecule has 3 heterocycles. The molecule has 0 atom stereocenters. The average Bonchev–Trinajstić information content (AvgIpc) is 3.68. The molecule has 0 spiro atoms. The molecule has 0 unspecified atom stereocenters. The van der Waals surface area contributed by atoms with Gasteiger partial charge in [-0.15, -0.1) is 0 Å². The van der Waals surface area contributed by atoms with E-state index >= 15 is 0 Å². The van der Waals surface area contributed by atoms with Gasteiger partial charge in [-0.25, -0.2) is 0 Å². The third kappa shape index (κ3) is 8.22. The lowest BCUT2D eigenvalue weighted by Gasteiger charge is -2.44. The molecule has 378 valence electrons. The van der Waals surface area contributed by atoms with Crippen LogP contribution < -0.4 is 47.5 Å². The minimum absolute atomic E-state index is 0.0425. The normalized spacial score (nSPS) is 13.3. The quantitative estimate of drug-likeness (QED) is 0.133. The Bertz CT molecular complexity index is 3960. The topological polar surface area (TPSA) is 9.72 Å². The summed E-state index contributed by atoms with van der Waals surface area (Å²) in [7, 11) is 0. The van der Waals surface area contributed by atoms with E-state index in [0.717, 1.165) is 17.8 Å². The minimum atomic E-state index is -0.217. The van der Waals surface area contributed by atoms with Gasteiger partial charge >= 0.3 is 0 Å². The molecular formula is C74H61B2N3. The standard InChI is InChI=1S/C74H61B2N3/c1-73(2,3)54-40-44-57(45-41-54)77-65-34-19-15-30-61(65)75(62-31-16-20-35-66(62)77)71-59(52-24-9-6-10-25-52)48-51(49-60(71)53-26-11-7-12-27-53)50-74(4,5)55-42-46-58(47-43-55)79-68-37-22-18-33-64(68)76-63-32-17-21-36-67(63)78(56-28-13-8-14-29-56)69-38-23-39-70(79)72(69)76/h6-49H,50H2,1-5H3. The Morgan fingerprint density at radius 3 is 1.05 bits per heavy atom. The molecule has 0 aromatic heterocycles. The number of rotatable bonds is 9. The van der Waals surface area contributed by atoms with Gasteiger partial charge in [0, 0.05) is 51.2 Å². The molecule has 3 aliphatic rings. The maximum Gasteiger partial charge on any atom is 0.252 e. The molecule has 79 heavy (non-hydrogen) atoms. The SMILES string of the molecule is CC(C)(C)c1ccc(N2c3ccccc3B(c3c(-c4ccccc4)cc(CC(C)(C)c4ccc(N5c6ccccc6B6c7ccccc7N(c7ccccc7)c7cccc5c76)cc4)cc3-c3ccccc3)c3ccccc32)cc1. The summed E-state index contributed by atoms with van der Waals surface area (Å²) in [4.78, 5) is 7.43. The van der Waals surface area contributed by atoms with Crippen molar-refractivity contribution in [1.82, 2.24) is 0 Å². The van der Waals surface area contributed by atoms with Crippen molar-refractivity contribution in [2.24, 2.45) is 0 Å². The molecule has 0 radical (unpaired) electrons. The third-order valence-electron chi connectivity index (χ3n) is 17.0. The zero-order valence-corrected chi connectivity index (χ0v) is 45.6. The summed E-state index contributed by atoms with van der Waals surface area (Å²) < 4.78 is 0. The van der Waals surface area contributed by atoms with Crippen LogP contribution >= 0.6 is 0 Å². The highest BCUT2D eigenvalue weighted by atomic mass is 15.2. The Morgan fingerprint density at radius 2 is 0.633 bits per heavy atom. The summed E-state index contributed by atoms with van der Waals surface area (Å²) in [6.07, 6.45) is 0.845. The van der Waals surface area contributed by atoms with E-state index in [1.165, 1.54) is 112 Å². The molecule has 3 nitrogen and oxygen atoms in total. The molecule has 3 aliphatic heterocycles. The van der Waals surface area contributed by atoms with E-state index in [2.05, 4.69) is 316 Å². The first-order chi connectivity index (χ1) is 38.6. The number of benzene rings is 11. The lowest BCUT2D eigenvalue weighted by molar-refractivity contribution is 0.522. The fourth-order valence-electron chi connectivity index (χ4n) is 13.3. The van der Waals surface area contributed by atoms with Crippen molar-refractivity contribution < 1.29 is 0 Å². The van der Waals surface area contributed by atoms with Gasteiger partial charge in [-0.1, -0.05) is 234 Å². The predicted molar refractivity (Wildman–Crippen MR) is 339 cm³/mol. The Morgan fingerprint density at radius 1 is 0.304 bits per heavy atom. The van der Waals surface area contributed by atoms with Gasteiger partial charge in [0.05, 0.1) is 0 Å². The van der Waals surface area contributed by atoms with Crippen molar-refractivity contribution in [1.29, 1.82) is 0 Å². The summed E-state index contributed by atoms with van der Waals surface area (Å²) in [5.74, 6) is 0. The predicted octanol–water partition coefficient (Wildman–Crippen LogP) is 15.2. The van der Waals surface area contributed by atoms with Gasteiger partial charge in [0.25, 0.3) is 6.71 Å². The summed E-state index contributed by atoms with van der Waals surface area (Å²) in [6, 6.07) is 99.9. The van der Waals surface area contributed by atoms with E-state index in [1.54, 1.807) is 0 Å². The monoisotopic (exact) mass is 1010 g/mol. The van der Waals surface area contributed by atoms with Gasteiger partial charge in [0.15, 0.2) is 0 Å². The third-order valence-corrected chi connectivity index (χ3v) is 17.0. The van der Waals surface area contributed by atoms with Gasteiger partial charge in [0.1, 0.15) is 0 Å². The summed E-state index contributed by atoms with van der Waals surface area (Å²) in [5, 5.41) is 0. The van der Waals surface area contributed by atoms with Crippen LogP contribution in [-0.4, -0.2) is 13.4 Å². The Balaban J connectivity index is 0.872. The summed E-state index contributed by atoms with van der Waals surface area (Å²) >= 11 is 0. The highest BCUT2D eigenvalue weighted by Crippen LogP contribution is 2.45. The molecule has 5 heteroatoms. The number of hydrogen-bond donors (Lipinski definition) is 0. The fraction of sp³-hybridized carbons (Fsp3) is 0.108. The number of nitrogens with zero attached hydrogens (tertiary/aromatic N) is 3. The van der Waals surface area contributed by atoms with Crippen LogP contribution in [-0.2, 0) is 17.3 Å². The second kappa shape index (κ2) is 19.1. The Hall–Kier alpha value is -9.05. The number of fused-ring (bicyclic) bond motifs is 6. The van der Waals surface area contributed by atoms with E-state index in [-0.39, 0.29) is 24.3 Å². The van der Waals surface area contributed by atoms with Crippen LogP contribution in [0, 0.1) is 0 Å². The van der Waals surface area contributed by atoms with E-state index in [4.69, 9.17) is 0 Å². The van der Waals surface area contributed by atoms with Crippen LogP contribution in [0.5, 0.6) is 0 Å². The Labute approximate surface area is 467 Å². The van der Waals surface area contributed by atoms with Crippen LogP contribution in [0.25, 0.3) is 22.3 Å². The molecule has 0 amide bonds. The lowest BCUT2D eigenvalue weighted by atomic mass is 9.33. The van der Waals surface area contributed by atoms with Gasteiger partial charge in [-0.3, -0.25) is 0 Å². The number of para-hydroxylation sites is 5. The van der Waals surface area contributed by atoms with E-state index in [1.807, 2.05) is 0 Å². The van der Waals surface area contributed by atoms with Gasteiger partial charge in [-0.2, -0.15) is 0 Å². The van der Waals surface area contributed by atoms with E-state index in [9.17, 15) is 0 Å². The van der Waals surface area contributed by atoms with Crippen molar-refractivity contribution in [2.45, 2.75) is 51.9 Å². The van der Waals surface area contributed by atoms with Crippen molar-refractivity contribution in [3.05, 3.63) is 284 Å². The second-order valence-electron chi connectivity index (χ2n) is 23.4. The van der Waals surface area contributed by atoms with Crippen molar-refractivity contribution in [2.75, 3.05) is 14.7 Å². The number of hydrogen-bond acceptors (Lipinski definition) is 3. The lowest BCUT2D eigenvalue weighted by Crippen LogP contribution is -2.61. The smallest absolute Gasteiger partial charge is 0.252 e. The van der Waals surface area contributed by atoms with Crippen molar-refractivity contribution in [3.8, 4) is 22.3 Å². The zero-order valence-electron chi connectivity index (χ0n) is 45.6. The van der Waals surface area contributed by atoms with E-state index < -0.39 is 0 Å². The first kappa shape index (κ1) is 48.3. The zero-order chi connectivity index (χ0) is 53.4. The van der Waals surface area contributed by atoms with Crippen LogP contribution in [0.2, 0.25) is 0 Å². The largest absolute Gasteiger partial charge is 0.312 e. The maximum absolute atomic E-state index is 2.52. The van der Waals surface area contributed by atoms with Gasteiger partial charge < -0.3 is 14.7 Å². The van der Waals surface area contributed by atoms with Crippen LogP contribution in [0.15, 0.2) is 267 Å². The molecular weight excluding hydrogens is 952 g/mol. The Kier molecular flexibility index (Phi) is 11.7. The molecule has 0 fully saturated rings.